The second-order valence-electron chi connectivity index (χ2n) is 11.6. The van der Waals surface area contributed by atoms with Gasteiger partial charge in [0.05, 0.1) is 17.8 Å². The van der Waals surface area contributed by atoms with Gasteiger partial charge in [0.25, 0.3) is 0 Å². The Bertz CT molecular complexity index is 760. The second kappa shape index (κ2) is 3.24. The van der Waals surface area contributed by atoms with E-state index in [-0.39, 0.29) is 52.3 Å². The van der Waals surface area contributed by atoms with Gasteiger partial charge in [-0.1, -0.05) is 6.92 Å². The van der Waals surface area contributed by atoms with Crippen molar-refractivity contribution in [3.8, 4) is 0 Å². The Morgan fingerprint density at radius 1 is 1.08 bits per heavy atom. The molecular weight excluding hydrogens is 318 g/mol. The van der Waals surface area contributed by atoms with E-state index in [4.69, 9.17) is 9.47 Å². The minimum absolute atomic E-state index is 0.00653. The predicted octanol–water partition coefficient (Wildman–Crippen LogP) is 0.875. The van der Waals surface area contributed by atoms with Crippen molar-refractivity contribution in [2.45, 2.75) is 87.7 Å². The quantitative estimate of drug-likeness (QED) is 0.682. The van der Waals surface area contributed by atoms with Gasteiger partial charge in [-0.25, -0.2) is 0 Å². The fourth-order valence-corrected chi connectivity index (χ4v) is 11.1. The van der Waals surface area contributed by atoms with Crippen LogP contribution in [0.5, 0.6) is 0 Å². The SMILES string of the molecule is C[C@]12C[C@@H]3O[C@H](O1)[C@H]1[C@@]45C[C@@H](O)C[C@@]6(C)CN7[C@@H](C[C@@]1(C2)[C@@]3(O)[C@@H]74)[C@H]65. The number of hydrogen-bond donors (Lipinski definition) is 2. The molecular formula is C20H27NO4. The van der Waals surface area contributed by atoms with E-state index >= 15 is 0 Å². The monoisotopic (exact) mass is 345 g/mol. The van der Waals surface area contributed by atoms with Crippen LogP contribution in [0.3, 0.4) is 0 Å². The van der Waals surface area contributed by atoms with Crippen molar-refractivity contribution in [1.82, 2.24) is 4.90 Å². The molecule has 6 saturated heterocycles. The molecule has 6 aliphatic heterocycles. The molecule has 25 heavy (non-hydrogen) atoms. The molecule has 10 rings (SSSR count). The van der Waals surface area contributed by atoms with E-state index in [0.717, 1.165) is 38.6 Å². The first kappa shape index (κ1) is 13.9. The molecule has 4 saturated carbocycles. The van der Waals surface area contributed by atoms with Gasteiger partial charge in [0.2, 0.25) is 0 Å². The second-order valence-corrected chi connectivity index (χ2v) is 11.6. The number of rotatable bonds is 0. The Morgan fingerprint density at radius 2 is 1.92 bits per heavy atom. The third-order valence-electron chi connectivity index (χ3n) is 10.5. The summed E-state index contributed by atoms with van der Waals surface area (Å²) in [6, 6.07) is 0.789. The van der Waals surface area contributed by atoms with Crippen molar-refractivity contribution in [2.24, 2.45) is 28.1 Å². The molecule has 0 aromatic rings. The molecule has 5 heteroatoms. The van der Waals surface area contributed by atoms with Crippen LogP contribution in [0.1, 0.15) is 46.0 Å². The molecule has 0 amide bonds. The van der Waals surface area contributed by atoms with Crippen molar-refractivity contribution in [3.63, 3.8) is 0 Å². The summed E-state index contributed by atoms with van der Waals surface area (Å²) in [4.78, 5) is 2.68. The van der Waals surface area contributed by atoms with Crippen LogP contribution in [-0.2, 0) is 9.47 Å². The maximum atomic E-state index is 12.3. The molecule has 2 spiro atoms. The van der Waals surface area contributed by atoms with E-state index in [0.29, 0.717) is 12.0 Å². The van der Waals surface area contributed by atoms with E-state index in [1.165, 1.54) is 0 Å². The number of nitrogens with zero attached hydrogens (tertiary/aromatic N) is 1. The van der Waals surface area contributed by atoms with Gasteiger partial charge in [-0.05, 0) is 43.9 Å². The van der Waals surface area contributed by atoms with Crippen molar-refractivity contribution in [1.29, 1.82) is 0 Å². The minimum Gasteiger partial charge on any atom is -0.393 e. The zero-order chi connectivity index (χ0) is 16.8. The molecule has 0 aromatic carbocycles. The molecule has 11 bridgehead atoms. The maximum absolute atomic E-state index is 12.3. The highest BCUT2D eigenvalue weighted by Gasteiger charge is 2.95. The molecule has 4 aliphatic carbocycles. The van der Waals surface area contributed by atoms with Crippen LogP contribution in [0, 0.1) is 28.1 Å². The largest absolute Gasteiger partial charge is 0.393 e. The highest BCUT2D eigenvalue weighted by atomic mass is 16.7. The van der Waals surface area contributed by atoms with E-state index in [2.05, 4.69) is 18.7 Å². The predicted molar refractivity (Wildman–Crippen MR) is 86.4 cm³/mol. The average molecular weight is 345 g/mol. The lowest BCUT2D eigenvalue weighted by atomic mass is 9.42. The maximum Gasteiger partial charge on any atom is 0.162 e. The van der Waals surface area contributed by atoms with Gasteiger partial charge in [-0.2, -0.15) is 0 Å². The molecule has 2 N–H and O–H groups in total. The highest BCUT2D eigenvalue weighted by molar-refractivity contribution is 5.44. The van der Waals surface area contributed by atoms with Crippen molar-refractivity contribution in [2.75, 3.05) is 6.54 Å². The van der Waals surface area contributed by atoms with Gasteiger partial charge < -0.3 is 19.7 Å². The summed E-state index contributed by atoms with van der Waals surface area (Å²) in [6.45, 7) is 5.68. The summed E-state index contributed by atoms with van der Waals surface area (Å²) in [6.07, 6.45) is 4.20. The van der Waals surface area contributed by atoms with Crippen LogP contribution in [-0.4, -0.2) is 63.4 Å². The fourth-order valence-electron chi connectivity index (χ4n) is 11.1. The number of aliphatic hydroxyl groups excluding tert-OH is 1. The van der Waals surface area contributed by atoms with E-state index in [1.807, 2.05) is 0 Å². The smallest absolute Gasteiger partial charge is 0.162 e. The molecule has 1 unspecified atom stereocenters. The zero-order valence-corrected chi connectivity index (χ0v) is 14.9. The van der Waals surface area contributed by atoms with Crippen molar-refractivity contribution in [3.05, 3.63) is 0 Å². The van der Waals surface area contributed by atoms with Gasteiger partial charge in [0.1, 0.15) is 5.60 Å². The Hall–Kier alpha value is -0.200. The van der Waals surface area contributed by atoms with Gasteiger partial charge in [0, 0.05) is 41.8 Å². The Morgan fingerprint density at radius 3 is 2.76 bits per heavy atom. The topological polar surface area (TPSA) is 62.2 Å². The number of piperidine rings is 2. The van der Waals surface area contributed by atoms with Crippen LogP contribution in [0.25, 0.3) is 0 Å². The van der Waals surface area contributed by atoms with E-state index in [9.17, 15) is 10.2 Å². The average Bonchev–Trinajstić information content (AvgIpc) is 2.89. The summed E-state index contributed by atoms with van der Waals surface area (Å²) < 4.78 is 12.9. The van der Waals surface area contributed by atoms with Crippen LogP contribution < -0.4 is 0 Å². The van der Waals surface area contributed by atoms with Crippen molar-refractivity contribution < 1.29 is 19.7 Å². The molecule has 13 atom stereocenters. The zero-order valence-electron chi connectivity index (χ0n) is 14.9. The summed E-state index contributed by atoms with van der Waals surface area (Å²) >= 11 is 0. The number of aliphatic hydroxyl groups is 2. The van der Waals surface area contributed by atoms with Crippen LogP contribution in [0.2, 0.25) is 0 Å². The molecule has 5 nitrogen and oxygen atoms in total. The van der Waals surface area contributed by atoms with Crippen LogP contribution >= 0.6 is 0 Å². The summed E-state index contributed by atoms with van der Waals surface area (Å²) in [5, 5.41) is 23.2. The molecule has 10 fully saturated rings. The van der Waals surface area contributed by atoms with Crippen molar-refractivity contribution >= 4 is 0 Å². The lowest BCUT2D eigenvalue weighted by molar-refractivity contribution is -0.435. The first-order valence-corrected chi connectivity index (χ1v) is 10.3. The van der Waals surface area contributed by atoms with Crippen LogP contribution in [0.4, 0.5) is 0 Å². The summed E-state index contributed by atoms with van der Waals surface area (Å²) in [7, 11) is 0. The van der Waals surface area contributed by atoms with Crippen LogP contribution in [0.15, 0.2) is 0 Å². The third-order valence-corrected chi connectivity index (χ3v) is 10.5. The number of hydrogen-bond acceptors (Lipinski definition) is 5. The normalized spacial score (nSPS) is 81.1. The highest BCUT2D eigenvalue weighted by Crippen LogP contribution is 2.88. The standard InChI is InChI=1S/C20H27NO4/c1-16-3-9(22)4-19-12(16)10-5-18-7-17(2)6-11(24-14(25-17)13(18)19)20(18,23)15(19)21(10)8-16/h9-15,22-23H,3-8H2,1-2H3/t9-,10-,11-,12+,13+,14+,15-,16-,17+,18-,19-,20-/m0/s1. The first-order chi connectivity index (χ1) is 11.8. The summed E-state index contributed by atoms with van der Waals surface area (Å²) in [5.74, 6) is 0.858. The Labute approximate surface area is 147 Å². The minimum atomic E-state index is -0.735. The number of ether oxygens (including phenoxy) is 2. The molecule has 6 heterocycles. The lowest BCUT2D eigenvalue weighted by Gasteiger charge is -2.71. The van der Waals surface area contributed by atoms with E-state index < -0.39 is 5.60 Å². The molecule has 0 aromatic heterocycles. The van der Waals surface area contributed by atoms with Gasteiger partial charge >= 0.3 is 0 Å². The molecule has 136 valence electrons. The molecule has 10 aliphatic rings. The van der Waals surface area contributed by atoms with Gasteiger partial charge in [-0.3, -0.25) is 4.90 Å². The van der Waals surface area contributed by atoms with Gasteiger partial charge in [0.15, 0.2) is 6.29 Å². The summed E-state index contributed by atoms with van der Waals surface area (Å²) in [5.41, 5.74) is -0.725. The Kier molecular flexibility index (Phi) is 1.80. The van der Waals surface area contributed by atoms with E-state index in [1.54, 1.807) is 0 Å². The Balaban J connectivity index is 1.47. The fraction of sp³-hybridized carbons (Fsp3) is 1.00. The lowest BCUT2D eigenvalue weighted by Crippen LogP contribution is -2.80. The third kappa shape index (κ3) is 0.992. The van der Waals surface area contributed by atoms with Gasteiger partial charge in [-0.15, -0.1) is 0 Å². The first-order valence-electron chi connectivity index (χ1n) is 10.3. The molecule has 0 radical (unpaired) electrons.